The van der Waals surface area contributed by atoms with Crippen LogP contribution in [-0.2, 0) is 6.42 Å². The summed E-state index contributed by atoms with van der Waals surface area (Å²) in [5, 5.41) is 0.711. The van der Waals surface area contributed by atoms with Crippen LogP contribution in [-0.4, -0.2) is 22.0 Å². The van der Waals surface area contributed by atoms with Crippen molar-refractivity contribution in [1.29, 1.82) is 0 Å². The van der Waals surface area contributed by atoms with E-state index in [2.05, 4.69) is 24.9 Å². The van der Waals surface area contributed by atoms with E-state index in [4.69, 9.17) is 5.73 Å². The van der Waals surface area contributed by atoms with Gasteiger partial charge in [-0.05, 0) is 37.3 Å². The molecule has 3 atom stereocenters. The predicted octanol–water partition coefficient (Wildman–Crippen LogP) is 3.36. The fourth-order valence-electron chi connectivity index (χ4n) is 2.57. The standard InChI is InChI=1S/C15H24N2S/c1-3-11(2)18-10-14(16)13-8-4-6-12-7-5-9-17-15(12)13/h5,7,9,11,13-14H,3-4,6,8,10,16H2,1-2H3. The van der Waals surface area contributed by atoms with Gasteiger partial charge in [-0.1, -0.05) is 19.9 Å². The van der Waals surface area contributed by atoms with Crippen molar-refractivity contribution in [2.75, 3.05) is 5.75 Å². The van der Waals surface area contributed by atoms with E-state index in [0.29, 0.717) is 11.2 Å². The number of nitrogens with two attached hydrogens (primary N) is 1. The van der Waals surface area contributed by atoms with Gasteiger partial charge in [0.25, 0.3) is 0 Å². The van der Waals surface area contributed by atoms with E-state index in [-0.39, 0.29) is 6.04 Å². The Morgan fingerprint density at radius 3 is 3.17 bits per heavy atom. The summed E-state index contributed by atoms with van der Waals surface area (Å²) in [6.07, 6.45) is 6.75. The van der Waals surface area contributed by atoms with Crippen molar-refractivity contribution in [3.8, 4) is 0 Å². The lowest BCUT2D eigenvalue weighted by atomic mass is 9.83. The molecule has 0 fully saturated rings. The zero-order valence-corrected chi connectivity index (χ0v) is 12.2. The molecule has 0 saturated heterocycles. The highest BCUT2D eigenvalue weighted by molar-refractivity contribution is 7.99. The summed E-state index contributed by atoms with van der Waals surface area (Å²) in [5.74, 6) is 1.52. The quantitative estimate of drug-likeness (QED) is 0.886. The summed E-state index contributed by atoms with van der Waals surface area (Å²) in [6.45, 7) is 4.52. The molecule has 0 aromatic carbocycles. The Hall–Kier alpha value is -0.540. The molecule has 1 aliphatic carbocycles. The Morgan fingerprint density at radius 1 is 1.56 bits per heavy atom. The summed E-state index contributed by atoms with van der Waals surface area (Å²) in [5.41, 5.74) is 9.08. The largest absolute Gasteiger partial charge is 0.326 e. The Labute approximate surface area is 115 Å². The maximum Gasteiger partial charge on any atom is 0.0482 e. The van der Waals surface area contributed by atoms with Crippen LogP contribution in [0.2, 0.25) is 0 Å². The number of thioether (sulfide) groups is 1. The number of rotatable bonds is 5. The predicted molar refractivity (Wildman–Crippen MR) is 80.1 cm³/mol. The maximum absolute atomic E-state index is 6.41. The Balaban J connectivity index is 2.01. The molecule has 0 spiro atoms. The van der Waals surface area contributed by atoms with E-state index in [1.54, 1.807) is 0 Å². The Morgan fingerprint density at radius 2 is 2.39 bits per heavy atom. The number of hydrogen-bond donors (Lipinski definition) is 1. The second-order valence-corrected chi connectivity index (χ2v) is 6.73. The summed E-state index contributed by atoms with van der Waals surface area (Å²) in [4.78, 5) is 4.58. The molecular weight excluding hydrogens is 240 g/mol. The van der Waals surface area contributed by atoms with Gasteiger partial charge in [0.15, 0.2) is 0 Å². The number of fused-ring (bicyclic) bond motifs is 1. The first kappa shape index (κ1) is 13.9. The normalized spacial score (nSPS) is 22.3. The van der Waals surface area contributed by atoms with Crippen LogP contribution < -0.4 is 5.73 Å². The van der Waals surface area contributed by atoms with Gasteiger partial charge in [-0.3, -0.25) is 4.98 Å². The van der Waals surface area contributed by atoms with Crippen LogP contribution >= 0.6 is 11.8 Å². The molecular formula is C15H24N2S. The highest BCUT2D eigenvalue weighted by atomic mass is 32.2. The van der Waals surface area contributed by atoms with E-state index in [0.717, 1.165) is 5.75 Å². The molecule has 0 saturated carbocycles. The SMILES string of the molecule is CCC(C)SCC(N)C1CCCc2cccnc21. The molecule has 2 rings (SSSR count). The van der Waals surface area contributed by atoms with E-state index in [9.17, 15) is 0 Å². The van der Waals surface area contributed by atoms with Crippen molar-refractivity contribution < 1.29 is 0 Å². The summed E-state index contributed by atoms with van der Waals surface area (Å²) < 4.78 is 0. The van der Waals surface area contributed by atoms with Gasteiger partial charge in [0.05, 0.1) is 0 Å². The lowest BCUT2D eigenvalue weighted by molar-refractivity contribution is 0.476. The summed E-state index contributed by atoms with van der Waals surface area (Å²) in [7, 11) is 0. The van der Waals surface area contributed by atoms with Crippen LogP contribution in [0.25, 0.3) is 0 Å². The molecule has 2 nitrogen and oxygen atoms in total. The summed E-state index contributed by atoms with van der Waals surface area (Å²) >= 11 is 2.00. The van der Waals surface area contributed by atoms with Gasteiger partial charge < -0.3 is 5.73 Å². The van der Waals surface area contributed by atoms with E-state index in [1.807, 2.05) is 24.0 Å². The second kappa shape index (κ2) is 6.58. The third-order valence-corrected chi connectivity index (χ3v) is 5.38. The molecule has 1 heterocycles. The molecule has 100 valence electrons. The van der Waals surface area contributed by atoms with E-state index < -0.39 is 0 Å². The zero-order chi connectivity index (χ0) is 13.0. The molecule has 1 aliphatic rings. The van der Waals surface area contributed by atoms with Gasteiger partial charge in [-0.15, -0.1) is 0 Å². The number of pyridine rings is 1. The maximum atomic E-state index is 6.41. The summed E-state index contributed by atoms with van der Waals surface area (Å²) in [6, 6.07) is 4.50. The lowest BCUT2D eigenvalue weighted by Gasteiger charge is -2.29. The van der Waals surface area contributed by atoms with Crippen LogP contribution in [0.4, 0.5) is 0 Å². The Bertz CT molecular complexity index is 381. The van der Waals surface area contributed by atoms with Crippen molar-refractivity contribution in [2.45, 2.75) is 56.7 Å². The minimum Gasteiger partial charge on any atom is -0.326 e. The average molecular weight is 264 g/mol. The van der Waals surface area contributed by atoms with Crippen LogP contribution in [0.3, 0.4) is 0 Å². The van der Waals surface area contributed by atoms with Gasteiger partial charge in [0.1, 0.15) is 0 Å². The first-order valence-electron chi connectivity index (χ1n) is 7.03. The van der Waals surface area contributed by atoms with E-state index in [1.165, 1.54) is 36.9 Å². The second-order valence-electron chi connectivity index (χ2n) is 5.26. The van der Waals surface area contributed by atoms with Gasteiger partial charge >= 0.3 is 0 Å². The highest BCUT2D eigenvalue weighted by Crippen LogP contribution is 2.33. The first-order valence-corrected chi connectivity index (χ1v) is 8.08. The van der Waals surface area contributed by atoms with Crippen molar-refractivity contribution >= 4 is 11.8 Å². The van der Waals surface area contributed by atoms with Gasteiger partial charge in [-0.2, -0.15) is 11.8 Å². The molecule has 0 aliphatic heterocycles. The number of aryl methyl sites for hydroxylation is 1. The van der Waals surface area contributed by atoms with Crippen molar-refractivity contribution in [1.82, 2.24) is 4.98 Å². The topological polar surface area (TPSA) is 38.9 Å². The molecule has 1 aromatic heterocycles. The minimum atomic E-state index is 0.248. The molecule has 0 amide bonds. The molecule has 18 heavy (non-hydrogen) atoms. The average Bonchev–Trinajstić information content (AvgIpc) is 2.43. The monoisotopic (exact) mass is 264 g/mol. The molecule has 3 heteroatoms. The van der Waals surface area contributed by atoms with Crippen LogP contribution in [0.1, 0.15) is 50.3 Å². The number of hydrogen-bond acceptors (Lipinski definition) is 3. The lowest BCUT2D eigenvalue weighted by Crippen LogP contribution is -2.34. The smallest absolute Gasteiger partial charge is 0.0482 e. The fourth-order valence-corrected chi connectivity index (χ4v) is 3.59. The van der Waals surface area contributed by atoms with Gasteiger partial charge in [0, 0.05) is 34.9 Å². The third-order valence-electron chi connectivity index (χ3n) is 3.90. The molecule has 1 aromatic rings. The molecule has 0 bridgehead atoms. The molecule has 3 unspecified atom stereocenters. The number of aromatic nitrogens is 1. The minimum absolute atomic E-state index is 0.248. The molecule has 0 radical (unpaired) electrons. The van der Waals surface area contributed by atoms with Crippen LogP contribution in [0.15, 0.2) is 18.3 Å². The van der Waals surface area contributed by atoms with E-state index >= 15 is 0 Å². The van der Waals surface area contributed by atoms with Gasteiger partial charge in [-0.25, -0.2) is 0 Å². The third kappa shape index (κ3) is 3.27. The highest BCUT2D eigenvalue weighted by Gasteiger charge is 2.26. The van der Waals surface area contributed by atoms with Crippen molar-refractivity contribution in [3.63, 3.8) is 0 Å². The number of nitrogens with zero attached hydrogens (tertiary/aromatic N) is 1. The van der Waals surface area contributed by atoms with Crippen molar-refractivity contribution in [2.24, 2.45) is 5.73 Å². The van der Waals surface area contributed by atoms with Crippen LogP contribution in [0.5, 0.6) is 0 Å². The Kier molecular flexibility index (Phi) is 5.07. The van der Waals surface area contributed by atoms with Gasteiger partial charge in [0.2, 0.25) is 0 Å². The van der Waals surface area contributed by atoms with Crippen molar-refractivity contribution in [3.05, 3.63) is 29.6 Å². The first-order chi connectivity index (χ1) is 8.72. The molecule has 2 N–H and O–H groups in total. The fraction of sp³-hybridized carbons (Fsp3) is 0.667. The zero-order valence-electron chi connectivity index (χ0n) is 11.4. The van der Waals surface area contributed by atoms with Crippen LogP contribution in [0, 0.1) is 0 Å².